The molecule has 0 spiro atoms. The van der Waals surface area contributed by atoms with E-state index in [1.165, 1.54) is 13.2 Å². The lowest BCUT2D eigenvalue weighted by Gasteiger charge is -2.10. The molecule has 0 bridgehead atoms. The molecule has 21 heavy (non-hydrogen) atoms. The van der Waals surface area contributed by atoms with Crippen LogP contribution >= 0.6 is 0 Å². The molecule has 6 heteroatoms. The Morgan fingerprint density at radius 2 is 1.86 bits per heavy atom. The van der Waals surface area contributed by atoms with Crippen molar-refractivity contribution in [3.63, 3.8) is 0 Å². The molecule has 0 aliphatic carbocycles. The van der Waals surface area contributed by atoms with E-state index in [9.17, 15) is 4.79 Å². The predicted octanol–water partition coefficient (Wildman–Crippen LogP) is 1.96. The molecule has 0 heterocycles. The summed E-state index contributed by atoms with van der Waals surface area (Å²) in [6.45, 7) is 2.53. The third-order valence-electron chi connectivity index (χ3n) is 2.79. The summed E-state index contributed by atoms with van der Waals surface area (Å²) < 4.78 is 20.9. The molecule has 1 aromatic rings. The van der Waals surface area contributed by atoms with Crippen LogP contribution in [-0.4, -0.2) is 51.7 Å². The van der Waals surface area contributed by atoms with Crippen LogP contribution in [0, 0.1) is 0 Å². The van der Waals surface area contributed by atoms with Crippen LogP contribution in [0.5, 0.6) is 5.75 Å². The topological polar surface area (TPSA) is 74.2 Å². The number of carboxylic acids is 1. The largest absolute Gasteiger partial charge is 0.496 e. The van der Waals surface area contributed by atoms with Crippen LogP contribution < -0.4 is 4.74 Å². The second kappa shape index (κ2) is 10.1. The van der Waals surface area contributed by atoms with Crippen molar-refractivity contribution in [1.82, 2.24) is 0 Å². The molecule has 1 aromatic carbocycles. The second-order valence-electron chi connectivity index (χ2n) is 4.34. The van der Waals surface area contributed by atoms with Crippen LogP contribution in [0.3, 0.4) is 0 Å². The van der Waals surface area contributed by atoms with Crippen molar-refractivity contribution in [3.8, 4) is 5.75 Å². The van der Waals surface area contributed by atoms with E-state index in [4.69, 9.17) is 24.1 Å². The zero-order valence-corrected chi connectivity index (χ0v) is 12.5. The molecule has 0 fully saturated rings. The van der Waals surface area contributed by atoms with E-state index >= 15 is 0 Å². The monoisotopic (exact) mass is 298 g/mol. The number of carboxylic acid groups (broad SMARTS) is 1. The van der Waals surface area contributed by atoms with Crippen molar-refractivity contribution in [2.24, 2.45) is 0 Å². The van der Waals surface area contributed by atoms with Gasteiger partial charge in [-0.2, -0.15) is 0 Å². The van der Waals surface area contributed by atoms with Crippen molar-refractivity contribution in [2.45, 2.75) is 13.0 Å². The first kappa shape index (κ1) is 17.4. The van der Waals surface area contributed by atoms with Gasteiger partial charge in [-0.05, 0) is 24.6 Å². The highest BCUT2D eigenvalue weighted by molar-refractivity contribution is 5.88. The first-order valence-electron chi connectivity index (χ1n) is 6.73. The van der Waals surface area contributed by atoms with Crippen LogP contribution in [0.25, 0.3) is 0 Å². The van der Waals surface area contributed by atoms with Crippen molar-refractivity contribution in [2.75, 3.05) is 40.6 Å². The minimum atomic E-state index is -0.972. The van der Waals surface area contributed by atoms with Gasteiger partial charge in [-0.25, -0.2) is 4.79 Å². The first-order chi connectivity index (χ1) is 10.2. The van der Waals surface area contributed by atoms with E-state index < -0.39 is 5.97 Å². The minimum absolute atomic E-state index is 0.213. The van der Waals surface area contributed by atoms with Crippen molar-refractivity contribution >= 4 is 5.97 Å². The zero-order chi connectivity index (χ0) is 15.5. The number of hydrogen-bond donors (Lipinski definition) is 1. The lowest BCUT2D eigenvalue weighted by atomic mass is 10.1. The third kappa shape index (κ3) is 6.57. The molecule has 0 saturated carbocycles. The highest BCUT2D eigenvalue weighted by Crippen LogP contribution is 2.20. The molecule has 0 saturated heterocycles. The molecule has 0 amide bonds. The van der Waals surface area contributed by atoms with Crippen molar-refractivity contribution < 1.29 is 28.8 Å². The van der Waals surface area contributed by atoms with Gasteiger partial charge in [0.25, 0.3) is 0 Å². The van der Waals surface area contributed by atoms with E-state index in [1.54, 1.807) is 19.2 Å². The van der Waals surface area contributed by atoms with Crippen molar-refractivity contribution in [3.05, 3.63) is 29.3 Å². The van der Waals surface area contributed by atoms with Gasteiger partial charge in [0.15, 0.2) is 0 Å². The van der Waals surface area contributed by atoms with Gasteiger partial charge in [0.05, 0.1) is 32.5 Å². The Morgan fingerprint density at radius 3 is 2.52 bits per heavy atom. The fourth-order valence-corrected chi connectivity index (χ4v) is 1.73. The summed E-state index contributed by atoms with van der Waals surface area (Å²) in [5, 5.41) is 8.97. The van der Waals surface area contributed by atoms with Crippen LogP contribution in [0.15, 0.2) is 18.2 Å². The SMILES string of the molecule is COCCCOCCOCc1cc(C(=O)O)ccc1OC. The van der Waals surface area contributed by atoms with Gasteiger partial charge in [-0.3, -0.25) is 0 Å². The molecular weight excluding hydrogens is 276 g/mol. The van der Waals surface area contributed by atoms with E-state index in [0.717, 1.165) is 6.42 Å². The van der Waals surface area contributed by atoms with Crippen LogP contribution in [0.1, 0.15) is 22.3 Å². The Bertz CT molecular complexity index is 432. The van der Waals surface area contributed by atoms with Gasteiger partial charge >= 0.3 is 5.97 Å². The van der Waals surface area contributed by atoms with Gasteiger partial charge in [0.2, 0.25) is 0 Å². The Hall–Kier alpha value is -1.63. The maximum atomic E-state index is 10.9. The summed E-state index contributed by atoms with van der Waals surface area (Å²) in [5.74, 6) is -0.360. The Balaban J connectivity index is 2.33. The van der Waals surface area contributed by atoms with Gasteiger partial charge in [0.1, 0.15) is 5.75 Å². The number of benzene rings is 1. The summed E-state index contributed by atoms with van der Waals surface area (Å²) in [6, 6.07) is 4.69. The standard InChI is InChI=1S/C15H22O6/c1-18-6-3-7-20-8-9-21-11-13-10-12(15(16)17)4-5-14(13)19-2/h4-5,10H,3,6-9,11H2,1-2H3,(H,16,17). The number of rotatable bonds is 11. The average Bonchev–Trinajstić information content (AvgIpc) is 2.49. The van der Waals surface area contributed by atoms with Gasteiger partial charge in [-0.15, -0.1) is 0 Å². The lowest BCUT2D eigenvalue weighted by Crippen LogP contribution is -2.07. The molecular formula is C15H22O6. The molecule has 0 radical (unpaired) electrons. The predicted molar refractivity (Wildman–Crippen MR) is 76.9 cm³/mol. The summed E-state index contributed by atoms with van der Waals surface area (Å²) in [6.07, 6.45) is 0.852. The number of ether oxygens (including phenoxy) is 4. The van der Waals surface area contributed by atoms with E-state index in [-0.39, 0.29) is 12.2 Å². The number of methoxy groups -OCH3 is 2. The smallest absolute Gasteiger partial charge is 0.335 e. The number of aromatic carboxylic acids is 1. The van der Waals surface area contributed by atoms with Crippen molar-refractivity contribution in [1.29, 1.82) is 0 Å². The fraction of sp³-hybridized carbons (Fsp3) is 0.533. The number of hydrogen-bond acceptors (Lipinski definition) is 5. The molecule has 0 aromatic heterocycles. The van der Waals surface area contributed by atoms with Crippen LogP contribution in [0.4, 0.5) is 0 Å². The van der Waals surface area contributed by atoms with Crippen LogP contribution in [-0.2, 0) is 20.8 Å². The molecule has 6 nitrogen and oxygen atoms in total. The Kier molecular flexibility index (Phi) is 8.42. The summed E-state index contributed by atoms with van der Waals surface area (Å²) in [4.78, 5) is 10.9. The van der Waals surface area contributed by atoms with Gasteiger partial charge in [0, 0.05) is 25.9 Å². The summed E-state index contributed by atoms with van der Waals surface area (Å²) >= 11 is 0. The maximum Gasteiger partial charge on any atom is 0.335 e. The third-order valence-corrected chi connectivity index (χ3v) is 2.79. The number of carbonyl (C=O) groups is 1. The summed E-state index contributed by atoms with van der Waals surface area (Å²) in [7, 11) is 3.19. The molecule has 0 unspecified atom stereocenters. The normalized spacial score (nSPS) is 10.6. The quantitative estimate of drug-likeness (QED) is 0.630. The highest BCUT2D eigenvalue weighted by atomic mass is 16.5. The average molecular weight is 298 g/mol. The molecule has 118 valence electrons. The van der Waals surface area contributed by atoms with Gasteiger partial charge < -0.3 is 24.1 Å². The molecule has 0 aliphatic heterocycles. The molecule has 0 aliphatic rings. The van der Waals surface area contributed by atoms with E-state index in [2.05, 4.69) is 0 Å². The Morgan fingerprint density at radius 1 is 1.10 bits per heavy atom. The fourth-order valence-electron chi connectivity index (χ4n) is 1.73. The zero-order valence-electron chi connectivity index (χ0n) is 12.5. The first-order valence-corrected chi connectivity index (χ1v) is 6.73. The summed E-state index contributed by atoms with van der Waals surface area (Å²) in [5.41, 5.74) is 0.919. The Labute approximate surface area is 124 Å². The second-order valence-corrected chi connectivity index (χ2v) is 4.34. The molecule has 1 rings (SSSR count). The van der Waals surface area contributed by atoms with E-state index in [1.807, 2.05) is 0 Å². The van der Waals surface area contributed by atoms with E-state index in [0.29, 0.717) is 37.7 Å². The minimum Gasteiger partial charge on any atom is -0.496 e. The molecule has 1 N–H and O–H groups in total. The van der Waals surface area contributed by atoms with Gasteiger partial charge in [-0.1, -0.05) is 0 Å². The lowest BCUT2D eigenvalue weighted by molar-refractivity contribution is 0.0331. The highest BCUT2D eigenvalue weighted by Gasteiger charge is 2.09. The maximum absolute atomic E-state index is 10.9. The van der Waals surface area contributed by atoms with Crippen LogP contribution in [0.2, 0.25) is 0 Å². The molecule has 0 atom stereocenters.